The lowest BCUT2D eigenvalue weighted by Crippen LogP contribution is -2.61. The first-order valence-electron chi connectivity index (χ1n) is 19.4. The Morgan fingerprint density at radius 3 is 1.11 bits per heavy atom. The van der Waals surface area contributed by atoms with E-state index >= 15 is 0 Å². The molecule has 0 radical (unpaired) electrons. The Bertz CT molecular complexity index is 1650. The third-order valence-electron chi connectivity index (χ3n) is 10.0. The molecule has 0 aliphatic carbocycles. The van der Waals surface area contributed by atoms with Crippen LogP contribution in [-0.4, -0.2) is 59.4 Å². The van der Waals surface area contributed by atoms with Crippen LogP contribution in [-0.2, 0) is 45.1 Å². The normalized spacial score (nSPS) is 14.7. The molecule has 56 heavy (non-hydrogen) atoms. The van der Waals surface area contributed by atoms with Gasteiger partial charge in [0.25, 0.3) is 0 Å². The second-order valence-corrected chi connectivity index (χ2v) is 14.2. The van der Waals surface area contributed by atoms with Crippen molar-refractivity contribution in [3.8, 4) is 0 Å². The van der Waals surface area contributed by atoms with Crippen molar-refractivity contribution in [3.05, 3.63) is 144 Å². The molecular weight excluding hydrogens is 709 g/mol. The zero-order chi connectivity index (χ0) is 40.3. The third kappa shape index (κ3) is 13.9. The van der Waals surface area contributed by atoms with Crippen LogP contribution < -0.4 is 21.3 Å². The number of carbonyl (C=O) groups is 4. The van der Waals surface area contributed by atoms with Gasteiger partial charge in [0.1, 0.15) is 25.3 Å². The Morgan fingerprint density at radius 2 is 0.804 bits per heavy atom. The minimum Gasteiger partial charge on any atom is -0.445 e. The number of carbonyl (C=O) groups excluding carboxylic acids is 4. The molecule has 11 nitrogen and oxygen atoms in total. The van der Waals surface area contributed by atoms with Crippen LogP contribution in [0.2, 0.25) is 0 Å². The monoisotopic (exact) mass is 764 g/mol. The molecule has 7 atom stereocenters. The molecule has 0 saturated carbocycles. The molecule has 0 aliphatic rings. The summed E-state index contributed by atoms with van der Waals surface area (Å²) in [5.41, 5.74) is 3.30. The summed E-state index contributed by atoms with van der Waals surface area (Å²) in [4.78, 5) is 54.2. The van der Waals surface area contributed by atoms with Crippen LogP contribution in [0, 0.1) is 11.8 Å². The van der Waals surface area contributed by atoms with E-state index in [-0.39, 0.29) is 37.9 Å². The number of rotatable bonds is 20. The Labute approximate surface area is 330 Å². The van der Waals surface area contributed by atoms with E-state index in [0.29, 0.717) is 12.8 Å². The van der Waals surface area contributed by atoms with Gasteiger partial charge in [0, 0.05) is 0 Å². The molecule has 11 heteroatoms. The largest absolute Gasteiger partial charge is 0.445 e. The fourth-order valence-electron chi connectivity index (χ4n) is 6.26. The van der Waals surface area contributed by atoms with E-state index in [2.05, 4.69) is 21.3 Å². The molecular formula is C45H56N4O7. The van der Waals surface area contributed by atoms with Gasteiger partial charge in [0.15, 0.2) is 0 Å². The van der Waals surface area contributed by atoms with E-state index in [1.807, 2.05) is 149 Å². The Morgan fingerprint density at radius 1 is 0.500 bits per heavy atom. The number of aliphatic hydroxyl groups is 1. The van der Waals surface area contributed by atoms with E-state index < -0.39 is 54.3 Å². The molecule has 0 aliphatic heterocycles. The van der Waals surface area contributed by atoms with Crippen molar-refractivity contribution < 1.29 is 33.8 Å². The smallest absolute Gasteiger partial charge is 0.408 e. The fourth-order valence-corrected chi connectivity index (χ4v) is 6.26. The number of amides is 4. The summed E-state index contributed by atoms with van der Waals surface area (Å²) < 4.78 is 10.9. The predicted molar refractivity (Wildman–Crippen MR) is 216 cm³/mol. The highest BCUT2D eigenvalue weighted by Crippen LogP contribution is 2.17. The maximum absolute atomic E-state index is 14.1. The summed E-state index contributed by atoms with van der Waals surface area (Å²) in [5.74, 6) is -1.56. The van der Waals surface area contributed by atoms with Crippen LogP contribution in [0.25, 0.3) is 0 Å². The number of aliphatic hydroxyl groups excluding tert-OH is 1. The van der Waals surface area contributed by atoms with Gasteiger partial charge in [-0.3, -0.25) is 9.59 Å². The van der Waals surface area contributed by atoms with Crippen molar-refractivity contribution in [2.45, 2.75) is 96.9 Å². The average molecular weight is 765 g/mol. The number of alkyl carbamates (subject to hydrolysis) is 2. The van der Waals surface area contributed by atoms with Gasteiger partial charge in [0.05, 0.1) is 18.2 Å². The van der Waals surface area contributed by atoms with Crippen molar-refractivity contribution in [1.29, 1.82) is 0 Å². The summed E-state index contributed by atoms with van der Waals surface area (Å²) in [6.07, 6.45) is -1.20. The first-order valence-corrected chi connectivity index (χ1v) is 19.4. The molecule has 4 aromatic carbocycles. The zero-order valence-corrected chi connectivity index (χ0v) is 32.7. The number of ether oxygens (including phenoxy) is 2. The summed E-state index contributed by atoms with van der Waals surface area (Å²) >= 11 is 0. The van der Waals surface area contributed by atoms with Gasteiger partial charge in [0.2, 0.25) is 11.8 Å². The quantitative estimate of drug-likeness (QED) is 0.0690. The number of benzene rings is 4. The lowest BCUT2D eigenvalue weighted by molar-refractivity contribution is -0.127. The fraction of sp³-hybridized carbons (Fsp3) is 0.378. The molecule has 5 N–H and O–H groups in total. The van der Waals surface area contributed by atoms with Gasteiger partial charge in [-0.1, -0.05) is 162 Å². The highest BCUT2D eigenvalue weighted by Gasteiger charge is 2.36. The molecule has 1 unspecified atom stereocenters. The van der Waals surface area contributed by atoms with Crippen LogP contribution in [0.4, 0.5) is 9.59 Å². The van der Waals surface area contributed by atoms with E-state index in [0.717, 1.165) is 22.3 Å². The third-order valence-corrected chi connectivity index (χ3v) is 10.0. The van der Waals surface area contributed by atoms with E-state index in [1.54, 1.807) is 0 Å². The second kappa shape index (κ2) is 22.6. The maximum Gasteiger partial charge on any atom is 0.408 e. The SMILES string of the molecule is CC[C@H](C)[C@H](NC(=O)OCc1ccccc1)C(=O)N[C@@H](Cc1ccccc1)C(O)[C@H](Cc1ccccc1)NC(=O)[C@H](NC(=O)OCc1ccccc1)[C@@H](C)CC. The van der Waals surface area contributed by atoms with Crippen molar-refractivity contribution in [2.24, 2.45) is 11.8 Å². The molecule has 4 amide bonds. The van der Waals surface area contributed by atoms with Crippen molar-refractivity contribution >= 4 is 24.0 Å². The first-order chi connectivity index (χ1) is 27.1. The number of hydrogen-bond acceptors (Lipinski definition) is 7. The summed E-state index contributed by atoms with van der Waals surface area (Å²) in [7, 11) is 0. The standard InChI is InChI=1S/C45H56N4O7/c1-5-31(3)39(48-44(53)55-29-35-23-15-9-16-24-35)42(51)46-37(27-33-19-11-7-12-20-33)41(50)38(28-34-21-13-8-14-22-34)47-43(52)40(32(4)6-2)49-45(54)56-30-36-25-17-10-18-26-36/h7-26,31-32,37-41,50H,5-6,27-30H2,1-4H3,(H,46,51)(H,47,52)(H,48,53)(H,49,54)/t31-,32-,37-,38-,39-,40+,41?/m0/s1. The minimum absolute atomic E-state index is 0.0367. The van der Waals surface area contributed by atoms with Crippen LogP contribution in [0.15, 0.2) is 121 Å². The Balaban J connectivity index is 1.57. The van der Waals surface area contributed by atoms with Gasteiger partial charge in [-0.2, -0.15) is 0 Å². The van der Waals surface area contributed by atoms with Crippen molar-refractivity contribution in [2.75, 3.05) is 0 Å². The molecule has 0 bridgehead atoms. The highest BCUT2D eigenvalue weighted by atomic mass is 16.6. The summed E-state index contributed by atoms with van der Waals surface area (Å²) in [5, 5.41) is 23.8. The van der Waals surface area contributed by atoms with Gasteiger partial charge < -0.3 is 35.8 Å². The van der Waals surface area contributed by atoms with Gasteiger partial charge in [-0.25, -0.2) is 9.59 Å². The van der Waals surface area contributed by atoms with Crippen LogP contribution in [0.1, 0.15) is 62.8 Å². The average Bonchev–Trinajstić information content (AvgIpc) is 3.23. The zero-order valence-electron chi connectivity index (χ0n) is 32.7. The molecule has 0 heterocycles. The van der Waals surface area contributed by atoms with Crippen molar-refractivity contribution in [1.82, 2.24) is 21.3 Å². The lowest BCUT2D eigenvalue weighted by atomic mass is 9.90. The molecule has 4 aromatic rings. The summed E-state index contributed by atoms with van der Waals surface area (Å²) in [6.45, 7) is 7.63. The number of nitrogens with one attached hydrogen (secondary N) is 4. The van der Waals surface area contributed by atoms with Gasteiger partial charge >= 0.3 is 12.2 Å². The highest BCUT2D eigenvalue weighted by molar-refractivity contribution is 5.87. The van der Waals surface area contributed by atoms with E-state index in [4.69, 9.17) is 9.47 Å². The molecule has 0 spiro atoms. The molecule has 298 valence electrons. The topological polar surface area (TPSA) is 155 Å². The van der Waals surface area contributed by atoms with Crippen LogP contribution in [0.5, 0.6) is 0 Å². The lowest BCUT2D eigenvalue weighted by Gasteiger charge is -2.34. The molecule has 0 aromatic heterocycles. The predicted octanol–water partition coefficient (Wildman–Crippen LogP) is 6.48. The number of hydrogen-bond donors (Lipinski definition) is 5. The Hall–Kier alpha value is -5.68. The van der Waals surface area contributed by atoms with Crippen LogP contribution in [0.3, 0.4) is 0 Å². The van der Waals surface area contributed by atoms with E-state index in [1.165, 1.54) is 0 Å². The first kappa shape index (κ1) is 43.1. The summed E-state index contributed by atoms with van der Waals surface area (Å²) in [6, 6.07) is 33.5. The maximum atomic E-state index is 14.1. The molecule has 4 rings (SSSR count). The van der Waals surface area contributed by atoms with Crippen LogP contribution >= 0.6 is 0 Å². The Kier molecular flexibility index (Phi) is 17.4. The minimum atomic E-state index is -1.31. The second-order valence-electron chi connectivity index (χ2n) is 14.2. The molecule has 0 fully saturated rings. The van der Waals surface area contributed by atoms with Crippen molar-refractivity contribution in [3.63, 3.8) is 0 Å². The van der Waals surface area contributed by atoms with Gasteiger partial charge in [-0.15, -0.1) is 0 Å². The van der Waals surface area contributed by atoms with E-state index in [9.17, 15) is 24.3 Å². The van der Waals surface area contributed by atoms with Gasteiger partial charge in [-0.05, 0) is 46.9 Å². The molecule has 0 saturated heterocycles.